The average molecular weight is 477 g/mol. The molecule has 0 atom stereocenters. The molecule has 1 fully saturated rings. The van der Waals surface area contributed by atoms with Crippen LogP contribution in [0.25, 0.3) is 55.7 Å². The van der Waals surface area contributed by atoms with Crippen molar-refractivity contribution in [1.29, 1.82) is 0 Å². The van der Waals surface area contributed by atoms with Gasteiger partial charge in [-0.15, -0.1) is 0 Å². The second-order valence-electron chi connectivity index (χ2n) is 9.20. The van der Waals surface area contributed by atoms with Gasteiger partial charge in [0, 0.05) is 35.5 Å². The number of nitrogens with zero attached hydrogens (tertiary/aromatic N) is 4. The van der Waals surface area contributed by atoms with Crippen LogP contribution in [0.4, 0.5) is 0 Å². The molecule has 5 heterocycles. The van der Waals surface area contributed by atoms with Crippen molar-refractivity contribution in [2.45, 2.75) is 19.4 Å². The summed E-state index contributed by atoms with van der Waals surface area (Å²) in [6.45, 7) is 3.33. The molecule has 0 spiro atoms. The second kappa shape index (κ2) is 8.45. The number of hydrogen-bond donors (Lipinski definition) is 2. The van der Waals surface area contributed by atoms with Crippen LogP contribution in [-0.2, 0) is 6.54 Å². The number of para-hydroxylation sites is 1. The predicted octanol–water partition coefficient (Wildman–Crippen LogP) is 6.49. The highest BCUT2D eigenvalue weighted by Crippen LogP contribution is 2.33. The number of pyridine rings is 1. The molecule has 7 rings (SSSR count). The summed E-state index contributed by atoms with van der Waals surface area (Å²) in [5, 5.41) is 13.1. The zero-order valence-electron chi connectivity index (χ0n) is 19.2. The Hall–Kier alpha value is -3.81. The topological polar surface area (TPSA) is 73.5 Å². The molecule has 6 nitrogen and oxygen atoms in total. The van der Waals surface area contributed by atoms with Crippen molar-refractivity contribution in [3.63, 3.8) is 0 Å². The first-order chi connectivity index (χ1) is 17.3. The van der Waals surface area contributed by atoms with Crippen LogP contribution in [0.2, 0.25) is 0 Å². The number of nitrogens with one attached hydrogen (secondary N) is 2. The van der Waals surface area contributed by atoms with Gasteiger partial charge in [-0.25, -0.2) is 4.98 Å². The van der Waals surface area contributed by atoms with E-state index in [4.69, 9.17) is 4.98 Å². The lowest BCUT2D eigenvalue weighted by molar-refractivity contribution is 0.331. The predicted molar refractivity (Wildman–Crippen MR) is 142 cm³/mol. The molecule has 0 saturated carbocycles. The van der Waals surface area contributed by atoms with Gasteiger partial charge < -0.3 is 4.98 Å². The van der Waals surface area contributed by atoms with Gasteiger partial charge in [-0.05, 0) is 83.7 Å². The lowest BCUT2D eigenvalue weighted by Gasteiger charge is -2.14. The molecule has 1 aliphatic rings. The number of rotatable bonds is 5. The van der Waals surface area contributed by atoms with Crippen LogP contribution in [-0.4, -0.2) is 43.1 Å². The molecule has 0 unspecified atom stereocenters. The fraction of sp³-hybridized carbons (Fsp3) is 0.179. The van der Waals surface area contributed by atoms with E-state index in [9.17, 15) is 0 Å². The fourth-order valence-electron chi connectivity index (χ4n) is 5.10. The van der Waals surface area contributed by atoms with Gasteiger partial charge in [0.15, 0.2) is 5.82 Å². The molecule has 2 N–H and O–H groups in total. The van der Waals surface area contributed by atoms with Crippen molar-refractivity contribution in [3.8, 4) is 33.8 Å². The zero-order chi connectivity index (χ0) is 23.2. The molecule has 1 aliphatic heterocycles. The van der Waals surface area contributed by atoms with Gasteiger partial charge in [0.2, 0.25) is 0 Å². The van der Waals surface area contributed by atoms with E-state index >= 15 is 0 Å². The van der Waals surface area contributed by atoms with Gasteiger partial charge in [0.05, 0.1) is 16.6 Å². The second-order valence-corrected chi connectivity index (χ2v) is 9.98. The quantitative estimate of drug-likeness (QED) is 0.298. The van der Waals surface area contributed by atoms with Crippen molar-refractivity contribution in [2.24, 2.45) is 0 Å². The molecule has 0 radical (unpaired) electrons. The number of hydrogen-bond acceptors (Lipinski definition) is 5. The molecule has 0 amide bonds. The number of H-pyrrole nitrogens is 2. The summed E-state index contributed by atoms with van der Waals surface area (Å²) in [5.74, 6) is 0.770. The first-order valence-electron chi connectivity index (χ1n) is 12.0. The minimum absolute atomic E-state index is 0.770. The van der Waals surface area contributed by atoms with Crippen LogP contribution in [0.1, 0.15) is 18.4 Å². The molecule has 0 bridgehead atoms. The summed E-state index contributed by atoms with van der Waals surface area (Å²) in [5.41, 5.74) is 9.63. The van der Waals surface area contributed by atoms with Crippen LogP contribution in [0, 0.1) is 0 Å². The molecular weight excluding hydrogens is 452 g/mol. The van der Waals surface area contributed by atoms with E-state index in [1.165, 1.54) is 37.1 Å². The Labute approximate surface area is 206 Å². The third-order valence-corrected chi connectivity index (χ3v) is 7.55. The van der Waals surface area contributed by atoms with E-state index in [-0.39, 0.29) is 0 Å². The van der Waals surface area contributed by atoms with Gasteiger partial charge in [-0.3, -0.25) is 15.0 Å². The number of imidazole rings is 1. The first-order valence-corrected chi connectivity index (χ1v) is 12.9. The van der Waals surface area contributed by atoms with E-state index in [1.54, 1.807) is 11.3 Å². The Morgan fingerprint density at radius 2 is 1.86 bits per heavy atom. The Balaban J connectivity index is 1.28. The largest absolute Gasteiger partial charge is 0.337 e. The van der Waals surface area contributed by atoms with E-state index in [1.807, 2.05) is 12.4 Å². The zero-order valence-corrected chi connectivity index (χ0v) is 20.0. The number of fused-ring (bicyclic) bond motifs is 2. The Morgan fingerprint density at radius 3 is 2.74 bits per heavy atom. The van der Waals surface area contributed by atoms with Crippen molar-refractivity contribution in [2.75, 3.05) is 13.1 Å². The molecular formula is C28H24N6S. The smallest absolute Gasteiger partial charge is 0.159 e. The molecule has 7 heteroatoms. The van der Waals surface area contributed by atoms with Gasteiger partial charge in [-0.1, -0.05) is 18.2 Å². The molecule has 35 heavy (non-hydrogen) atoms. The summed E-state index contributed by atoms with van der Waals surface area (Å²) >= 11 is 1.70. The maximum Gasteiger partial charge on any atom is 0.159 e. The summed E-state index contributed by atoms with van der Waals surface area (Å²) in [7, 11) is 0. The normalized spacial score (nSPS) is 14.4. The third-order valence-electron chi connectivity index (χ3n) is 6.87. The highest BCUT2D eigenvalue weighted by atomic mass is 32.1. The van der Waals surface area contributed by atoms with Crippen molar-refractivity contribution >= 4 is 33.3 Å². The van der Waals surface area contributed by atoms with Gasteiger partial charge in [-0.2, -0.15) is 16.4 Å². The highest BCUT2D eigenvalue weighted by Gasteiger charge is 2.16. The Bertz CT molecular complexity index is 1640. The summed E-state index contributed by atoms with van der Waals surface area (Å²) in [6.07, 6.45) is 6.53. The SMILES string of the molecule is c1cc(-c2ccsc2)c2nc(-c3n[nH]c4ccc(-c5cncc(CN6CCCC6)c5)cc34)[nH]c2c1. The van der Waals surface area contributed by atoms with Crippen LogP contribution in [0.15, 0.2) is 71.7 Å². The monoisotopic (exact) mass is 476 g/mol. The van der Waals surface area contributed by atoms with Gasteiger partial charge in [0.25, 0.3) is 0 Å². The van der Waals surface area contributed by atoms with E-state index in [0.717, 1.165) is 56.7 Å². The van der Waals surface area contributed by atoms with Crippen molar-refractivity contribution in [3.05, 3.63) is 77.2 Å². The molecule has 4 aromatic heterocycles. The van der Waals surface area contributed by atoms with E-state index < -0.39 is 0 Å². The van der Waals surface area contributed by atoms with Gasteiger partial charge >= 0.3 is 0 Å². The van der Waals surface area contributed by atoms with Crippen molar-refractivity contribution in [1.82, 2.24) is 30.0 Å². The maximum atomic E-state index is 4.98. The molecule has 0 aliphatic carbocycles. The van der Waals surface area contributed by atoms with E-state index in [0.29, 0.717) is 0 Å². The third kappa shape index (κ3) is 3.73. The van der Waals surface area contributed by atoms with Crippen LogP contribution >= 0.6 is 11.3 Å². The summed E-state index contributed by atoms with van der Waals surface area (Å²) in [4.78, 5) is 15.5. The van der Waals surface area contributed by atoms with Gasteiger partial charge in [0.1, 0.15) is 5.69 Å². The summed E-state index contributed by atoms with van der Waals surface area (Å²) in [6, 6.07) is 17.1. The molecule has 6 aromatic rings. The standard InChI is InChI=1S/C28H24N6S/c1-2-10-34(9-1)16-18-12-21(15-29-14-18)19-6-7-24-23(13-19)27(33-32-24)28-30-25-5-3-4-22(26(25)31-28)20-8-11-35-17-20/h3-8,11-15,17H,1-2,9-10,16H2,(H,30,31)(H,32,33). The van der Waals surface area contributed by atoms with Crippen LogP contribution < -0.4 is 0 Å². The Kier molecular flexibility index (Phi) is 4.96. The van der Waals surface area contributed by atoms with Crippen LogP contribution in [0.3, 0.4) is 0 Å². The highest BCUT2D eigenvalue weighted by molar-refractivity contribution is 7.08. The molecule has 1 saturated heterocycles. The number of aromatic nitrogens is 5. The Morgan fingerprint density at radius 1 is 0.914 bits per heavy atom. The number of thiophene rings is 1. The first kappa shape index (κ1) is 20.6. The lowest BCUT2D eigenvalue weighted by Crippen LogP contribution is -2.18. The van der Waals surface area contributed by atoms with E-state index in [2.05, 4.69) is 84.4 Å². The minimum Gasteiger partial charge on any atom is -0.337 e. The number of likely N-dealkylation sites (tertiary alicyclic amines) is 1. The maximum absolute atomic E-state index is 4.98. The lowest BCUT2D eigenvalue weighted by atomic mass is 10.0. The fourth-order valence-corrected chi connectivity index (χ4v) is 5.76. The average Bonchev–Trinajstić information content (AvgIpc) is 3.70. The minimum atomic E-state index is 0.770. The van der Waals surface area contributed by atoms with Crippen molar-refractivity contribution < 1.29 is 0 Å². The molecule has 172 valence electrons. The molecule has 2 aromatic carbocycles. The van der Waals surface area contributed by atoms with Crippen LogP contribution in [0.5, 0.6) is 0 Å². The number of benzene rings is 2. The number of aromatic amines is 2. The summed E-state index contributed by atoms with van der Waals surface area (Å²) < 4.78 is 0.